The van der Waals surface area contributed by atoms with E-state index in [0.717, 1.165) is 12.8 Å². The number of rotatable bonds is 7. The Labute approximate surface area is 158 Å². The second-order valence-electron chi connectivity index (χ2n) is 5.78. The fraction of sp³-hybridized carbons (Fsp3) is 0.529. The second kappa shape index (κ2) is 10.1. The number of halogens is 1. The number of methoxy groups -OCH3 is 3. The van der Waals surface area contributed by atoms with E-state index in [2.05, 4.69) is 5.32 Å². The van der Waals surface area contributed by atoms with Crippen LogP contribution >= 0.6 is 12.4 Å². The number of piperidine rings is 1. The maximum absolute atomic E-state index is 12.3. The van der Waals surface area contributed by atoms with E-state index in [1.54, 1.807) is 17.0 Å². The molecule has 8 nitrogen and oxygen atoms in total. The molecule has 1 saturated heterocycles. The number of hydrogen-bond donors (Lipinski definition) is 2. The molecular weight excluding hydrogens is 364 g/mol. The monoisotopic (exact) mass is 388 g/mol. The van der Waals surface area contributed by atoms with Crippen LogP contribution in [-0.2, 0) is 9.59 Å². The highest BCUT2D eigenvalue weighted by Crippen LogP contribution is 2.39. The Morgan fingerprint density at radius 1 is 1.15 bits per heavy atom. The molecule has 1 fully saturated rings. The Bertz CT molecular complexity index is 615. The highest BCUT2D eigenvalue weighted by molar-refractivity contribution is 5.93. The minimum absolute atomic E-state index is 0. The van der Waals surface area contributed by atoms with Gasteiger partial charge in [-0.15, -0.1) is 12.4 Å². The van der Waals surface area contributed by atoms with Crippen LogP contribution in [0.3, 0.4) is 0 Å². The summed E-state index contributed by atoms with van der Waals surface area (Å²) in [5, 5.41) is 12.0. The molecule has 1 atom stereocenters. The van der Waals surface area contributed by atoms with Crippen molar-refractivity contribution in [2.24, 2.45) is 0 Å². The standard InChI is InChI=1S/C17H24N2O6.ClH/c1-23-13-8-11(9-14(24-2)16(13)25-3)18-15(20)10-19-7-5-4-6-12(19)17(21)22;/h8-9,12H,4-7,10H2,1-3H3,(H,18,20)(H,21,22);1H. The first-order valence-corrected chi connectivity index (χ1v) is 8.06. The molecule has 1 aromatic carbocycles. The van der Waals surface area contributed by atoms with Gasteiger partial charge in [-0.1, -0.05) is 6.42 Å². The van der Waals surface area contributed by atoms with Gasteiger partial charge in [-0.2, -0.15) is 0 Å². The minimum Gasteiger partial charge on any atom is -0.493 e. The van der Waals surface area contributed by atoms with Crippen LogP contribution in [0, 0.1) is 0 Å². The Morgan fingerprint density at radius 3 is 2.27 bits per heavy atom. The fourth-order valence-corrected chi connectivity index (χ4v) is 3.00. The quantitative estimate of drug-likeness (QED) is 0.737. The Morgan fingerprint density at radius 2 is 1.77 bits per heavy atom. The van der Waals surface area contributed by atoms with Gasteiger partial charge in [-0.3, -0.25) is 14.5 Å². The first-order valence-electron chi connectivity index (χ1n) is 8.06. The van der Waals surface area contributed by atoms with Crippen molar-refractivity contribution in [3.05, 3.63) is 12.1 Å². The number of ether oxygens (including phenoxy) is 3. The maximum Gasteiger partial charge on any atom is 0.320 e. The molecule has 1 unspecified atom stereocenters. The molecule has 26 heavy (non-hydrogen) atoms. The molecule has 0 radical (unpaired) electrons. The summed E-state index contributed by atoms with van der Waals surface area (Å²) in [6.07, 6.45) is 2.32. The molecular formula is C17H25ClN2O6. The van der Waals surface area contributed by atoms with Gasteiger partial charge in [0, 0.05) is 17.8 Å². The van der Waals surface area contributed by atoms with Crippen LogP contribution < -0.4 is 19.5 Å². The van der Waals surface area contributed by atoms with E-state index in [-0.39, 0.29) is 24.9 Å². The average Bonchev–Trinajstić information content (AvgIpc) is 2.60. The Balaban J connectivity index is 0.00000338. The molecule has 2 N–H and O–H groups in total. The number of nitrogens with one attached hydrogen (secondary N) is 1. The minimum atomic E-state index is -0.889. The summed E-state index contributed by atoms with van der Waals surface area (Å²) < 4.78 is 15.8. The van der Waals surface area contributed by atoms with Crippen molar-refractivity contribution in [2.75, 3.05) is 39.7 Å². The molecule has 0 saturated carbocycles. The lowest BCUT2D eigenvalue weighted by Crippen LogP contribution is -2.47. The summed E-state index contributed by atoms with van der Waals surface area (Å²) in [6, 6.07) is 2.65. The van der Waals surface area contributed by atoms with Gasteiger partial charge in [-0.25, -0.2) is 0 Å². The van der Waals surface area contributed by atoms with Crippen molar-refractivity contribution < 1.29 is 28.9 Å². The molecule has 1 heterocycles. The van der Waals surface area contributed by atoms with Gasteiger partial charge in [0.05, 0.1) is 27.9 Å². The van der Waals surface area contributed by atoms with Gasteiger partial charge in [0.15, 0.2) is 11.5 Å². The summed E-state index contributed by atoms with van der Waals surface area (Å²) in [5.41, 5.74) is 0.489. The van der Waals surface area contributed by atoms with Gasteiger partial charge in [0.1, 0.15) is 6.04 Å². The largest absolute Gasteiger partial charge is 0.493 e. The lowest BCUT2D eigenvalue weighted by Gasteiger charge is -2.32. The van der Waals surface area contributed by atoms with Crippen molar-refractivity contribution in [2.45, 2.75) is 25.3 Å². The number of carbonyl (C=O) groups is 2. The van der Waals surface area contributed by atoms with E-state index in [9.17, 15) is 14.7 Å². The van der Waals surface area contributed by atoms with E-state index >= 15 is 0 Å². The highest BCUT2D eigenvalue weighted by atomic mass is 35.5. The number of amides is 1. The van der Waals surface area contributed by atoms with Crippen LogP contribution in [0.5, 0.6) is 17.2 Å². The van der Waals surface area contributed by atoms with Crippen molar-refractivity contribution in [1.29, 1.82) is 0 Å². The van der Waals surface area contributed by atoms with Crippen LogP contribution in [0.1, 0.15) is 19.3 Å². The SMILES string of the molecule is COc1cc(NC(=O)CN2CCCCC2C(=O)O)cc(OC)c1OC.Cl. The number of anilines is 1. The fourth-order valence-electron chi connectivity index (χ4n) is 3.00. The van der Waals surface area contributed by atoms with Crippen molar-refractivity contribution >= 4 is 30.0 Å². The number of carboxylic acid groups (broad SMARTS) is 1. The summed E-state index contributed by atoms with van der Waals surface area (Å²) in [7, 11) is 4.49. The van der Waals surface area contributed by atoms with E-state index in [1.165, 1.54) is 21.3 Å². The first-order chi connectivity index (χ1) is 12.0. The first kappa shape index (κ1) is 21.9. The number of aliphatic carboxylic acids is 1. The van der Waals surface area contributed by atoms with E-state index in [4.69, 9.17) is 14.2 Å². The molecule has 9 heteroatoms. The molecule has 0 spiro atoms. The zero-order chi connectivity index (χ0) is 18.4. The molecule has 0 aromatic heterocycles. The zero-order valence-corrected chi connectivity index (χ0v) is 15.9. The smallest absolute Gasteiger partial charge is 0.320 e. The summed E-state index contributed by atoms with van der Waals surface area (Å²) >= 11 is 0. The Kier molecular flexibility index (Phi) is 8.47. The molecule has 2 rings (SSSR count). The Hall–Kier alpha value is -2.19. The van der Waals surface area contributed by atoms with Crippen molar-refractivity contribution in [3.63, 3.8) is 0 Å². The third-order valence-electron chi connectivity index (χ3n) is 4.19. The number of carboxylic acids is 1. The van der Waals surface area contributed by atoms with Crippen LogP contribution in [0.25, 0.3) is 0 Å². The van der Waals surface area contributed by atoms with Crippen LogP contribution in [-0.4, -0.2) is 62.3 Å². The van der Waals surface area contributed by atoms with E-state index in [0.29, 0.717) is 35.9 Å². The lowest BCUT2D eigenvalue weighted by molar-refractivity contribution is -0.145. The molecule has 1 amide bonds. The number of benzene rings is 1. The number of hydrogen-bond acceptors (Lipinski definition) is 6. The lowest BCUT2D eigenvalue weighted by atomic mass is 10.0. The maximum atomic E-state index is 12.3. The van der Waals surface area contributed by atoms with E-state index in [1.807, 2.05) is 0 Å². The van der Waals surface area contributed by atoms with Crippen LogP contribution in [0.4, 0.5) is 5.69 Å². The van der Waals surface area contributed by atoms with Crippen molar-refractivity contribution in [3.8, 4) is 17.2 Å². The molecule has 146 valence electrons. The topological polar surface area (TPSA) is 97.3 Å². The van der Waals surface area contributed by atoms with Gasteiger partial charge in [-0.05, 0) is 19.4 Å². The highest BCUT2D eigenvalue weighted by Gasteiger charge is 2.29. The third kappa shape index (κ3) is 5.15. The van der Waals surface area contributed by atoms with Gasteiger partial charge < -0.3 is 24.6 Å². The van der Waals surface area contributed by atoms with Gasteiger partial charge in [0.2, 0.25) is 11.7 Å². The normalized spacial score (nSPS) is 17.0. The van der Waals surface area contributed by atoms with Gasteiger partial charge >= 0.3 is 5.97 Å². The number of carbonyl (C=O) groups excluding carboxylic acids is 1. The molecule has 1 aliphatic heterocycles. The molecule has 0 aliphatic carbocycles. The average molecular weight is 389 g/mol. The zero-order valence-electron chi connectivity index (χ0n) is 15.1. The predicted octanol–water partition coefficient (Wildman–Crippen LogP) is 2.01. The molecule has 1 aromatic rings. The second-order valence-corrected chi connectivity index (χ2v) is 5.78. The number of likely N-dealkylation sites (tertiary alicyclic amines) is 1. The van der Waals surface area contributed by atoms with Crippen LogP contribution in [0.15, 0.2) is 12.1 Å². The van der Waals surface area contributed by atoms with Crippen LogP contribution in [0.2, 0.25) is 0 Å². The predicted molar refractivity (Wildman–Crippen MR) is 98.8 cm³/mol. The molecule has 0 bridgehead atoms. The van der Waals surface area contributed by atoms with E-state index < -0.39 is 12.0 Å². The molecule has 1 aliphatic rings. The number of nitrogens with zero attached hydrogens (tertiary/aromatic N) is 1. The summed E-state index contributed by atoms with van der Waals surface area (Å²) in [6.45, 7) is 0.618. The summed E-state index contributed by atoms with van der Waals surface area (Å²) in [5.74, 6) is 0.116. The van der Waals surface area contributed by atoms with Crippen molar-refractivity contribution in [1.82, 2.24) is 4.90 Å². The third-order valence-corrected chi connectivity index (χ3v) is 4.19. The summed E-state index contributed by atoms with van der Waals surface area (Å²) in [4.78, 5) is 25.4. The van der Waals surface area contributed by atoms with Gasteiger partial charge in [0.25, 0.3) is 0 Å².